The van der Waals surface area contributed by atoms with Gasteiger partial charge in [-0.3, -0.25) is 0 Å². The van der Waals surface area contributed by atoms with Crippen molar-refractivity contribution in [1.29, 1.82) is 0 Å². The van der Waals surface area contributed by atoms with Crippen molar-refractivity contribution in [2.24, 2.45) is 0 Å². The Morgan fingerprint density at radius 3 is 1.80 bits per heavy atom. The first-order chi connectivity index (χ1) is 17.0. The van der Waals surface area contributed by atoms with Gasteiger partial charge < -0.3 is 20.6 Å². The lowest BCUT2D eigenvalue weighted by Crippen LogP contribution is -2.24. The minimum Gasteiger partial charge on any atom is -0.347 e. The number of aryl methyl sites for hydroxylation is 1. The number of H-pyrrole nitrogens is 2. The van der Waals surface area contributed by atoms with Crippen LogP contribution in [0.3, 0.4) is 0 Å². The number of nitrogens with zero attached hydrogens (tertiary/aromatic N) is 2. The Labute approximate surface area is 209 Å². The van der Waals surface area contributed by atoms with Crippen LogP contribution >= 0.6 is 0 Å². The van der Waals surface area contributed by atoms with Crippen LogP contribution in [0.4, 0.5) is 0 Å². The van der Waals surface area contributed by atoms with E-state index in [0.717, 1.165) is 60.1 Å². The van der Waals surface area contributed by atoms with Crippen LogP contribution in [0.25, 0.3) is 33.6 Å². The number of imidazole rings is 2. The molecule has 0 fully saturated rings. The molecule has 0 radical (unpaired) electrons. The monoisotopic (exact) mass is 470 g/mol. The third-order valence-electron chi connectivity index (χ3n) is 6.74. The second kappa shape index (κ2) is 11.5. The Morgan fingerprint density at radius 2 is 1.23 bits per heavy atom. The predicted octanol–water partition coefficient (Wildman–Crippen LogP) is 6.22. The van der Waals surface area contributed by atoms with Crippen molar-refractivity contribution in [2.45, 2.75) is 72.6 Å². The molecule has 2 heterocycles. The van der Waals surface area contributed by atoms with Crippen molar-refractivity contribution >= 4 is 0 Å². The zero-order valence-corrected chi connectivity index (χ0v) is 21.6. The summed E-state index contributed by atoms with van der Waals surface area (Å²) in [6.07, 6.45) is 6.20. The fraction of sp³-hybridized carbons (Fsp3) is 0.379. The van der Waals surface area contributed by atoms with Crippen LogP contribution in [0, 0.1) is 6.92 Å². The van der Waals surface area contributed by atoms with E-state index >= 15 is 0 Å². The zero-order chi connectivity index (χ0) is 24.8. The summed E-state index contributed by atoms with van der Waals surface area (Å²) in [5.41, 5.74) is 7.84. The fourth-order valence-electron chi connectivity index (χ4n) is 3.98. The molecule has 6 heteroatoms. The predicted molar refractivity (Wildman–Crippen MR) is 145 cm³/mol. The Bertz CT molecular complexity index is 1220. The lowest BCUT2D eigenvalue weighted by atomic mass is 9.97. The third-order valence-corrected chi connectivity index (χ3v) is 6.74. The Balaban J connectivity index is 1.44. The molecule has 35 heavy (non-hydrogen) atoms. The second-order valence-electron chi connectivity index (χ2n) is 9.45. The molecule has 0 unspecified atom stereocenters. The van der Waals surface area contributed by atoms with E-state index in [1.165, 1.54) is 16.7 Å². The molecule has 0 saturated heterocycles. The molecule has 184 valence electrons. The van der Waals surface area contributed by atoms with E-state index in [1.807, 2.05) is 12.4 Å². The van der Waals surface area contributed by atoms with E-state index in [2.05, 4.69) is 97.7 Å². The summed E-state index contributed by atoms with van der Waals surface area (Å²) in [7, 11) is 0. The number of benzene rings is 2. The van der Waals surface area contributed by atoms with Crippen molar-refractivity contribution in [2.75, 3.05) is 0 Å². The van der Waals surface area contributed by atoms with E-state index < -0.39 is 0 Å². The highest BCUT2D eigenvalue weighted by Gasteiger charge is 2.10. The molecule has 0 aliphatic carbocycles. The maximum Gasteiger partial charge on any atom is 0.120 e. The molecule has 6 nitrogen and oxygen atoms in total. The van der Waals surface area contributed by atoms with Crippen molar-refractivity contribution < 1.29 is 0 Å². The first kappa shape index (κ1) is 24.9. The molecule has 0 saturated carbocycles. The summed E-state index contributed by atoms with van der Waals surface area (Å²) < 4.78 is 0. The first-order valence-electron chi connectivity index (χ1n) is 12.7. The maximum atomic E-state index is 4.79. The molecule has 0 aliphatic heterocycles. The van der Waals surface area contributed by atoms with Crippen LogP contribution in [0.5, 0.6) is 0 Å². The van der Waals surface area contributed by atoms with Gasteiger partial charge in [0.05, 0.1) is 24.5 Å². The van der Waals surface area contributed by atoms with Crippen molar-refractivity contribution in [1.82, 2.24) is 30.6 Å². The van der Waals surface area contributed by atoms with Crippen molar-refractivity contribution in [3.63, 3.8) is 0 Å². The average molecular weight is 471 g/mol. The molecule has 4 aromatic rings. The summed E-state index contributed by atoms with van der Waals surface area (Å²) in [5.74, 6) is 1.93. The number of rotatable bonds is 11. The second-order valence-corrected chi connectivity index (χ2v) is 9.45. The van der Waals surface area contributed by atoms with Gasteiger partial charge >= 0.3 is 0 Å². The van der Waals surface area contributed by atoms with Gasteiger partial charge in [-0.15, -0.1) is 0 Å². The maximum absolute atomic E-state index is 4.79. The molecule has 0 aliphatic rings. The van der Waals surface area contributed by atoms with Gasteiger partial charge in [0.25, 0.3) is 0 Å². The first-order valence-corrected chi connectivity index (χ1v) is 12.7. The molecule has 2 aromatic carbocycles. The van der Waals surface area contributed by atoms with Gasteiger partial charge in [0.2, 0.25) is 0 Å². The normalized spacial score (nSPS) is 13.2. The number of nitrogens with one attached hydrogen (secondary N) is 4. The summed E-state index contributed by atoms with van der Waals surface area (Å²) >= 11 is 0. The smallest absolute Gasteiger partial charge is 0.120 e. The van der Waals surface area contributed by atoms with Crippen LogP contribution in [-0.4, -0.2) is 32.0 Å². The lowest BCUT2D eigenvalue weighted by Gasteiger charge is -2.09. The quantitative estimate of drug-likeness (QED) is 0.210. The van der Waals surface area contributed by atoms with Gasteiger partial charge in [-0.1, -0.05) is 56.3 Å². The van der Waals surface area contributed by atoms with Crippen LogP contribution in [-0.2, 0) is 13.1 Å². The van der Waals surface area contributed by atoms with Gasteiger partial charge in [-0.2, -0.15) is 0 Å². The van der Waals surface area contributed by atoms with Crippen molar-refractivity contribution in [3.05, 3.63) is 72.1 Å². The molecule has 4 rings (SSSR count). The standard InChI is InChI=1S/C29H38N6/c1-6-20(4)30-17-28-32-15-26(34-28)23-10-8-22(9-11-23)24-12-13-25(19(3)14-24)27-16-33-29(35-27)18-31-21(5)7-2/h8-16,20-21,30-31H,6-7,17-18H2,1-5H3,(H,32,34)(H,33,35)/t20-,21-/m0/s1. The molecule has 0 spiro atoms. The number of aromatic nitrogens is 4. The Hall–Kier alpha value is -3.22. The SMILES string of the molecule is CC[C@H](C)NCc1nc(-c2ccc(-c3ccc(-c4c[nH]c(CN[C@@H](C)CC)n4)c(C)c3)cc2)c[nH]1. The van der Waals surface area contributed by atoms with Gasteiger partial charge in [0.15, 0.2) is 0 Å². The van der Waals surface area contributed by atoms with Gasteiger partial charge in [-0.05, 0) is 50.3 Å². The van der Waals surface area contributed by atoms with E-state index in [4.69, 9.17) is 9.97 Å². The highest BCUT2D eigenvalue weighted by Crippen LogP contribution is 2.29. The number of aromatic amines is 2. The molecule has 2 aromatic heterocycles. The summed E-state index contributed by atoms with van der Waals surface area (Å²) in [6.45, 7) is 12.4. The summed E-state index contributed by atoms with van der Waals surface area (Å²) in [5, 5.41) is 6.96. The van der Waals surface area contributed by atoms with Gasteiger partial charge in [0.1, 0.15) is 11.6 Å². The van der Waals surface area contributed by atoms with Crippen LogP contribution in [0.1, 0.15) is 57.7 Å². The molecular formula is C29H38N6. The largest absolute Gasteiger partial charge is 0.347 e. The van der Waals surface area contributed by atoms with E-state index in [0.29, 0.717) is 12.1 Å². The zero-order valence-electron chi connectivity index (χ0n) is 21.6. The Morgan fingerprint density at radius 1 is 0.714 bits per heavy atom. The minimum atomic E-state index is 0.484. The Kier molecular flexibility index (Phi) is 8.16. The van der Waals surface area contributed by atoms with Crippen LogP contribution in [0.15, 0.2) is 54.9 Å². The van der Waals surface area contributed by atoms with Crippen LogP contribution in [0.2, 0.25) is 0 Å². The highest BCUT2D eigenvalue weighted by molar-refractivity contribution is 5.73. The third kappa shape index (κ3) is 6.27. The molecular weight excluding hydrogens is 432 g/mol. The summed E-state index contributed by atoms with van der Waals surface area (Å²) in [4.78, 5) is 16.1. The summed E-state index contributed by atoms with van der Waals surface area (Å²) in [6, 6.07) is 16.2. The molecule has 0 bridgehead atoms. The van der Waals surface area contributed by atoms with Crippen LogP contribution < -0.4 is 10.6 Å². The van der Waals surface area contributed by atoms with Gasteiger partial charge in [-0.25, -0.2) is 9.97 Å². The average Bonchev–Trinajstić information content (AvgIpc) is 3.56. The number of hydrogen-bond donors (Lipinski definition) is 4. The van der Waals surface area contributed by atoms with E-state index in [9.17, 15) is 0 Å². The highest BCUT2D eigenvalue weighted by atomic mass is 15.0. The molecule has 4 N–H and O–H groups in total. The lowest BCUT2D eigenvalue weighted by molar-refractivity contribution is 0.525. The van der Waals surface area contributed by atoms with Crippen molar-refractivity contribution in [3.8, 4) is 33.6 Å². The van der Waals surface area contributed by atoms with E-state index in [-0.39, 0.29) is 0 Å². The van der Waals surface area contributed by atoms with E-state index in [1.54, 1.807) is 0 Å². The fourth-order valence-corrected chi connectivity index (χ4v) is 3.98. The van der Waals surface area contributed by atoms with Gasteiger partial charge in [0, 0.05) is 35.6 Å². The topological polar surface area (TPSA) is 81.4 Å². The number of hydrogen-bond acceptors (Lipinski definition) is 4. The molecule has 2 atom stereocenters. The molecule has 0 amide bonds. The minimum absolute atomic E-state index is 0.484.